The van der Waals surface area contributed by atoms with E-state index in [4.69, 9.17) is 4.74 Å². The molecule has 0 radical (unpaired) electrons. The van der Waals surface area contributed by atoms with Gasteiger partial charge in [-0.2, -0.15) is 0 Å². The highest BCUT2D eigenvalue weighted by molar-refractivity contribution is 5.74. The number of benzene rings is 1. The molecule has 0 amide bonds. The number of hydrogen-bond donors (Lipinski definition) is 2. The Bertz CT molecular complexity index is 534. The molecular formula is C13H16FN3O. The molecule has 1 fully saturated rings. The molecule has 0 spiro atoms. The highest BCUT2D eigenvalue weighted by Crippen LogP contribution is 2.15. The number of hydrogen-bond acceptors (Lipinski definition) is 3. The molecule has 0 unspecified atom stereocenters. The molecule has 0 bridgehead atoms. The number of aromatic amines is 1. The summed E-state index contributed by atoms with van der Waals surface area (Å²) < 4.78 is 18.8. The zero-order chi connectivity index (χ0) is 12.4. The molecule has 0 atom stereocenters. The van der Waals surface area contributed by atoms with Crippen LogP contribution in [-0.4, -0.2) is 29.2 Å². The number of aromatic nitrogens is 2. The number of nitrogens with zero attached hydrogens (tertiary/aromatic N) is 1. The Hall–Kier alpha value is -1.46. The van der Waals surface area contributed by atoms with E-state index in [1.54, 1.807) is 6.07 Å². The second kappa shape index (κ2) is 5.04. The van der Waals surface area contributed by atoms with Crippen molar-refractivity contribution in [2.75, 3.05) is 13.1 Å². The number of nitrogens with one attached hydrogen (secondary N) is 2. The minimum absolute atomic E-state index is 0.253. The largest absolute Gasteiger partial charge is 0.370 e. The molecule has 2 heterocycles. The van der Waals surface area contributed by atoms with Gasteiger partial charge in [0.2, 0.25) is 0 Å². The predicted molar refractivity (Wildman–Crippen MR) is 66.7 cm³/mol. The molecule has 18 heavy (non-hydrogen) atoms. The number of halogens is 1. The molecule has 4 nitrogen and oxygen atoms in total. The van der Waals surface area contributed by atoms with Crippen molar-refractivity contribution in [2.24, 2.45) is 0 Å². The lowest BCUT2D eigenvalue weighted by Crippen LogP contribution is -2.32. The number of fused-ring (bicyclic) bond motifs is 1. The van der Waals surface area contributed by atoms with Crippen molar-refractivity contribution in [1.82, 2.24) is 15.3 Å². The summed E-state index contributed by atoms with van der Waals surface area (Å²) in [5.41, 5.74) is 1.50. The number of H-pyrrole nitrogens is 1. The van der Waals surface area contributed by atoms with E-state index in [9.17, 15) is 4.39 Å². The van der Waals surface area contributed by atoms with E-state index in [0.717, 1.165) is 42.8 Å². The zero-order valence-electron chi connectivity index (χ0n) is 10.1. The smallest absolute Gasteiger partial charge is 0.133 e. The van der Waals surface area contributed by atoms with Crippen LogP contribution in [0.1, 0.15) is 18.7 Å². The van der Waals surface area contributed by atoms with Crippen LogP contribution in [0.4, 0.5) is 4.39 Å². The summed E-state index contributed by atoms with van der Waals surface area (Å²) in [5.74, 6) is 0.506. The van der Waals surface area contributed by atoms with E-state index in [1.807, 2.05) is 0 Å². The van der Waals surface area contributed by atoms with Gasteiger partial charge in [-0.25, -0.2) is 9.37 Å². The fourth-order valence-corrected chi connectivity index (χ4v) is 2.26. The minimum atomic E-state index is -0.253. The summed E-state index contributed by atoms with van der Waals surface area (Å²) in [6.07, 6.45) is 2.38. The van der Waals surface area contributed by atoms with Crippen molar-refractivity contribution >= 4 is 11.0 Å². The van der Waals surface area contributed by atoms with E-state index in [0.29, 0.717) is 12.7 Å². The molecule has 3 rings (SSSR count). The molecule has 0 aliphatic carbocycles. The third kappa shape index (κ3) is 2.52. The molecule has 96 valence electrons. The maximum atomic E-state index is 13.0. The Labute approximate surface area is 105 Å². The summed E-state index contributed by atoms with van der Waals surface area (Å²) >= 11 is 0. The Morgan fingerprint density at radius 3 is 3.00 bits per heavy atom. The van der Waals surface area contributed by atoms with Crippen molar-refractivity contribution < 1.29 is 9.13 Å². The topological polar surface area (TPSA) is 49.9 Å². The van der Waals surface area contributed by atoms with Crippen LogP contribution in [0.2, 0.25) is 0 Å². The van der Waals surface area contributed by atoms with Gasteiger partial charge < -0.3 is 15.0 Å². The summed E-state index contributed by atoms with van der Waals surface area (Å²) in [6.45, 7) is 2.48. The first-order valence-corrected chi connectivity index (χ1v) is 6.28. The van der Waals surface area contributed by atoms with Crippen LogP contribution in [0, 0.1) is 5.82 Å². The Morgan fingerprint density at radius 1 is 1.33 bits per heavy atom. The highest BCUT2D eigenvalue weighted by atomic mass is 19.1. The maximum Gasteiger partial charge on any atom is 0.133 e. The van der Waals surface area contributed by atoms with Gasteiger partial charge in [-0.15, -0.1) is 0 Å². The molecule has 1 aromatic heterocycles. The summed E-state index contributed by atoms with van der Waals surface area (Å²) in [4.78, 5) is 7.46. The van der Waals surface area contributed by atoms with Crippen molar-refractivity contribution in [3.05, 3.63) is 29.8 Å². The minimum Gasteiger partial charge on any atom is -0.370 e. The van der Waals surface area contributed by atoms with E-state index >= 15 is 0 Å². The molecule has 1 aliphatic heterocycles. The van der Waals surface area contributed by atoms with Gasteiger partial charge in [0, 0.05) is 0 Å². The molecule has 2 aromatic rings. The van der Waals surface area contributed by atoms with Crippen LogP contribution in [0.5, 0.6) is 0 Å². The average molecular weight is 249 g/mol. The van der Waals surface area contributed by atoms with Crippen molar-refractivity contribution in [3.8, 4) is 0 Å². The summed E-state index contributed by atoms with van der Waals surface area (Å²) in [7, 11) is 0. The molecule has 5 heteroatoms. The van der Waals surface area contributed by atoms with E-state index in [-0.39, 0.29) is 5.82 Å². The SMILES string of the molecule is Fc1ccc2nc(COC3CCNCC3)[nH]c2c1. The van der Waals surface area contributed by atoms with E-state index in [1.165, 1.54) is 12.1 Å². The van der Waals surface area contributed by atoms with Gasteiger partial charge in [-0.1, -0.05) is 0 Å². The number of imidazole rings is 1. The van der Waals surface area contributed by atoms with Gasteiger partial charge in [0.1, 0.15) is 18.2 Å². The molecule has 1 saturated heterocycles. The number of rotatable bonds is 3. The van der Waals surface area contributed by atoms with Crippen LogP contribution < -0.4 is 5.32 Å². The Kier molecular flexibility index (Phi) is 3.25. The lowest BCUT2D eigenvalue weighted by Gasteiger charge is -2.22. The molecular weight excluding hydrogens is 233 g/mol. The van der Waals surface area contributed by atoms with Gasteiger partial charge >= 0.3 is 0 Å². The Balaban J connectivity index is 1.67. The van der Waals surface area contributed by atoms with Gasteiger partial charge in [0.05, 0.1) is 17.1 Å². The Morgan fingerprint density at radius 2 is 2.17 bits per heavy atom. The van der Waals surface area contributed by atoms with Gasteiger partial charge in [0.25, 0.3) is 0 Å². The molecule has 1 aromatic carbocycles. The molecule has 1 aliphatic rings. The van der Waals surface area contributed by atoms with Crippen LogP contribution in [0.3, 0.4) is 0 Å². The second-order valence-corrected chi connectivity index (χ2v) is 4.61. The van der Waals surface area contributed by atoms with Crippen LogP contribution in [0.15, 0.2) is 18.2 Å². The fraction of sp³-hybridized carbons (Fsp3) is 0.462. The van der Waals surface area contributed by atoms with Crippen molar-refractivity contribution in [2.45, 2.75) is 25.6 Å². The zero-order valence-corrected chi connectivity index (χ0v) is 10.1. The highest BCUT2D eigenvalue weighted by Gasteiger charge is 2.14. The standard InChI is InChI=1S/C13H16FN3O/c14-9-1-2-11-12(7-9)17-13(16-11)8-18-10-3-5-15-6-4-10/h1-2,7,10,15H,3-6,8H2,(H,16,17). The van der Waals surface area contributed by atoms with Gasteiger partial charge in [-0.05, 0) is 44.1 Å². The second-order valence-electron chi connectivity index (χ2n) is 4.61. The normalized spacial score (nSPS) is 17.4. The summed E-state index contributed by atoms with van der Waals surface area (Å²) in [6, 6.07) is 4.55. The molecule has 0 saturated carbocycles. The predicted octanol–water partition coefficient (Wildman–Crippen LogP) is 1.97. The van der Waals surface area contributed by atoms with Gasteiger partial charge in [0.15, 0.2) is 0 Å². The van der Waals surface area contributed by atoms with Crippen LogP contribution in [0.25, 0.3) is 11.0 Å². The molecule has 2 N–H and O–H groups in total. The first-order chi connectivity index (χ1) is 8.81. The van der Waals surface area contributed by atoms with E-state index in [2.05, 4.69) is 15.3 Å². The van der Waals surface area contributed by atoms with Crippen molar-refractivity contribution in [3.63, 3.8) is 0 Å². The lowest BCUT2D eigenvalue weighted by atomic mass is 10.1. The van der Waals surface area contributed by atoms with Gasteiger partial charge in [-0.3, -0.25) is 0 Å². The average Bonchev–Trinajstić information content (AvgIpc) is 2.79. The fourth-order valence-electron chi connectivity index (χ4n) is 2.26. The first kappa shape index (κ1) is 11.6. The van der Waals surface area contributed by atoms with Crippen LogP contribution in [-0.2, 0) is 11.3 Å². The van der Waals surface area contributed by atoms with Crippen molar-refractivity contribution in [1.29, 1.82) is 0 Å². The monoisotopic (exact) mass is 249 g/mol. The summed E-state index contributed by atoms with van der Waals surface area (Å²) in [5, 5.41) is 3.30. The van der Waals surface area contributed by atoms with E-state index < -0.39 is 0 Å². The number of ether oxygens (including phenoxy) is 1. The van der Waals surface area contributed by atoms with Crippen LogP contribution >= 0.6 is 0 Å². The quantitative estimate of drug-likeness (QED) is 0.874. The third-order valence-electron chi connectivity index (χ3n) is 3.23. The lowest BCUT2D eigenvalue weighted by molar-refractivity contribution is 0.0182. The number of piperidine rings is 1. The first-order valence-electron chi connectivity index (χ1n) is 6.28. The maximum absolute atomic E-state index is 13.0. The third-order valence-corrected chi connectivity index (χ3v) is 3.23.